The van der Waals surface area contributed by atoms with Crippen LogP contribution in [0.25, 0.3) is 10.8 Å². The molecule has 1 N–H and O–H groups in total. The SMILES string of the molecule is Oc1ccc2ccccc2c1C(=Nc1ccccc1)c1ccccc1.[Cl][Ti][Cl]. The van der Waals surface area contributed by atoms with Gasteiger partial charge >= 0.3 is 35.6 Å². The Morgan fingerprint density at radius 3 is 1.96 bits per heavy atom. The summed E-state index contributed by atoms with van der Waals surface area (Å²) < 4.78 is 0. The fraction of sp³-hybridized carbons (Fsp3) is 0. The Morgan fingerprint density at radius 2 is 1.29 bits per heavy atom. The summed E-state index contributed by atoms with van der Waals surface area (Å²) in [5, 5.41) is 12.7. The second-order valence-electron chi connectivity index (χ2n) is 5.91. The zero-order chi connectivity index (χ0) is 19.8. The van der Waals surface area contributed by atoms with E-state index >= 15 is 0 Å². The number of nitrogens with zero attached hydrogens (tertiary/aromatic N) is 1. The van der Waals surface area contributed by atoms with Gasteiger partial charge in [0.1, 0.15) is 5.75 Å². The molecule has 0 radical (unpaired) electrons. The summed E-state index contributed by atoms with van der Waals surface area (Å²) in [7, 11) is 9.78. The van der Waals surface area contributed by atoms with Gasteiger partial charge in [0.2, 0.25) is 0 Å². The Hall–Kier alpha value is -2.10. The van der Waals surface area contributed by atoms with Crippen molar-refractivity contribution in [2.24, 2.45) is 4.99 Å². The average molecular weight is 442 g/mol. The summed E-state index contributed by atoms with van der Waals surface area (Å²) in [5.41, 5.74) is 3.35. The second kappa shape index (κ2) is 10.4. The van der Waals surface area contributed by atoms with Crippen LogP contribution < -0.4 is 0 Å². The molecule has 0 amide bonds. The molecule has 0 aliphatic carbocycles. The third kappa shape index (κ3) is 5.04. The minimum atomic E-state index is -0.556. The molecule has 0 heterocycles. The van der Waals surface area contributed by atoms with Crippen LogP contribution in [0.1, 0.15) is 11.1 Å². The predicted molar refractivity (Wildman–Crippen MR) is 116 cm³/mol. The van der Waals surface area contributed by atoms with E-state index in [0.29, 0.717) is 0 Å². The van der Waals surface area contributed by atoms with Gasteiger partial charge in [0.25, 0.3) is 0 Å². The molecule has 4 aromatic rings. The number of hydrogen-bond donors (Lipinski definition) is 1. The molecule has 0 spiro atoms. The molecule has 138 valence electrons. The van der Waals surface area contributed by atoms with E-state index < -0.39 is 17.0 Å². The van der Waals surface area contributed by atoms with E-state index in [2.05, 4.69) is 0 Å². The normalized spacial score (nSPS) is 10.9. The molecule has 0 unspecified atom stereocenters. The minimum absolute atomic E-state index is 0.234. The number of phenols is 1. The van der Waals surface area contributed by atoms with Crippen molar-refractivity contribution in [1.82, 2.24) is 0 Å². The van der Waals surface area contributed by atoms with Crippen LogP contribution in [0.5, 0.6) is 5.75 Å². The van der Waals surface area contributed by atoms with Crippen molar-refractivity contribution in [1.29, 1.82) is 0 Å². The van der Waals surface area contributed by atoms with E-state index in [9.17, 15) is 5.11 Å². The molecule has 2 nitrogen and oxygen atoms in total. The van der Waals surface area contributed by atoms with Gasteiger partial charge in [0.05, 0.1) is 17.0 Å². The van der Waals surface area contributed by atoms with Gasteiger partial charge in [0, 0.05) is 5.56 Å². The Kier molecular flexibility index (Phi) is 7.70. The van der Waals surface area contributed by atoms with E-state index in [-0.39, 0.29) is 5.75 Å². The van der Waals surface area contributed by atoms with Gasteiger partial charge in [-0.15, -0.1) is 0 Å². The van der Waals surface area contributed by atoms with Crippen molar-refractivity contribution in [3.8, 4) is 5.75 Å². The molecule has 0 saturated heterocycles. The number of halogens is 2. The van der Waals surface area contributed by atoms with Gasteiger partial charge in [-0.25, -0.2) is 4.99 Å². The van der Waals surface area contributed by atoms with Crippen LogP contribution in [-0.4, -0.2) is 10.8 Å². The zero-order valence-electron chi connectivity index (χ0n) is 14.9. The second-order valence-corrected chi connectivity index (χ2v) is 8.49. The van der Waals surface area contributed by atoms with E-state index in [4.69, 9.17) is 23.6 Å². The quantitative estimate of drug-likeness (QED) is 0.267. The monoisotopic (exact) mass is 441 g/mol. The molecule has 4 aromatic carbocycles. The van der Waals surface area contributed by atoms with Crippen molar-refractivity contribution < 1.29 is 22.1 Å². The maximum atomic E-state index is 10.6. The number of para-hydroxylation sites is 1. The molecule has 0 atom stereocenters. The third-order valence-electron chi connectivity index (χ3n) is 4.19. The topological polar surface area (TPSA) is 32.6 Å². The zero-order valence-corrected chi connectivity index (χ0v) is 18.0. The fourth-order valence-corrected chi connectivity index (χ4v) is 3.00. The molecule has 5 heteroatoms. The number of aliphatic imine (C=N–C) groups is 1. The van der Waals surface area contributed by atoms with Crippen LogP contribution in [0, 0.1) is 0 Å². The fourth-order valence-electron chi connectivity index (χ4n) is 3.00. The van der Waals surface area contributed by atoms with Gasteiger partial charge in [0.15, 0.2) is 0 Å². The molecular weight excluding hydrogens is 425 g/mol. The predicted octanol–water partition coefficient (Wildman–Crippen LogP) is 7.09. The van der Waals surface area contributed by atoms with Gasteiger partial charge in [-0.1, -0.05) is 78.9 Å². The molecule has 0 bridgehead atoms. The van der Waals surface area contributed by atoms with E-state index in [1.807, 2.05) is 91.0 Å². The van der Waals surface area contributed by atoms with Crippen molar-refractivity contribution >= 4 is 40.8 Å². The number of benzene rings is 4. The van der Waals surface area contributed by atoms with Crippen LogP contribution >= 0.6 is 18.6 Å². The number of hydrogen-bond acceptors (Lipinski definition) is 2. The summed E-state index contributed by atoms with van der Waals surface area (Å²) in [6, 6.07) is 31.5. The van der Waals surface area contributed by atoms with Gasteiger partial charge in [-0.2, -0.15) is 0 Å². The number of rotatable bonds is 3. The number of phenolic OH excluding ortho intramolecular Hbond substituents is 1. The van der Waals surface area contributed by atoms with Crippen molar-refractivity contribution in [2.45, 2.75) is 0 Å². The van der Waals surface area contributed by atoms with Crippen LogP contribution in [0.4, 0.5) is 5.69 Å². The van der Waals surface area contributed by atoms with Crippen molar-refractivity contribution in [3.05, 3.63) is 108 Å². The first kappa shape index (κ1) is 20.6. The van der Waals surface area contributed by atoms with Crippen LogP contribution in [0.3, 0.4) is 0 Å². The summed E-state index contributed by atoms with van der Waals surface area (Å²) in [5.74, 6) is 0.234. The summed E-state index contributed by atoms with van der Waals surface area (Å²) >= 11 is -0.556. The molecule has 0 saturated carbocycles. The molecule has 0 aromatic heterocycles. The van der Waals surface area contributed by atoms with Crippen LogP contribution in [-0.2, 0) is 17.0 Å². The van der Waals surface area contributed by atoms with E-state index in [1.54, 1.807) is 6.07 Å². The van der Waals surface area contributed by atoms with Crippen LogP contribution in [0.2, 0.25) is 0 Å². The van der Waals surface area contributed by atoms with Crippen molar-refractivity contribution in [2.75, 3.05) is 0 Å². The summed E-state index contributed by atoms with van der Waals surface area (Å²) in [6.45, 7) is 0. The van der Waals surface area contributed by atoms with E-state index in [0.717, 1.165) is 33.3 Å². The molecule has 0 aliphatic rings. The van der Waals surface area contributed by atoms with Crippen molar-refractivity contribution in [3.63, 3.8) is 0 Å². The summed E-state index contributed by atoms with van der Waals surface area (Å²) in [6.07, 6.45) is 0. The van der Waals surface area contributed by atoms with Crippen LogP contribution in [0.15, 0.2) is 102 Å². The Labute approximate surface area is 181 Å². The Bertz CT molecular complexity index is 1070. The number of fused-ring (bicyclic) bond motifs is 1. The Morgan fingerprint density at radius 1 is 0.714 bits per heavy atom. The molecule has 0 aliphatic heterocycles. The molecule has 0 fully saturated rings. The first-order chi connectivity index (χ1) is 13.7. The maximum absolute atomic E-state index is 10.6. The third-order valence-corrected chi connectivity index (χ3v) is 4.19. The molecule has 28 heavy (non-hydrogen) atoms. The van der Waals surface area contributed by atoms with Gasteiger partial charge in [-0.3, -0.25) is 0 Å². The average Bonchev–Trinajstić information content (AvgIpc) is 2.74. The molecular formula is C23H17Cl2NOTi. The first-order valence-electron chi connectivity index (χ1n) is 8.61. The van der Waals surface area contributed by atoms with E-state index in [1.165, 1.54) is 0 Å². The van der Waals surface area contributed by atoms with Gasteiger partial charge in [-0.05, 0) is 29.0 Å². The first-order valence-corrected chi connectivity index (χ1v) is 12.9. The standard InChI is InChI=1S/C23H17NO.2ClH.Ti/c25-21-16-15-17-9-7-8-14-20(17)22(21)23(18-10-3-1-4-11-18)24-19-12-5-2-6-13-19;;;/h1-16,25H;2*1H;/q;;;+2/p-2. The molecule has 4 rings (SSSR count). The Balaban J connectivity index is 0.000000706. The van der Waals surface area contributed by atoms with Gasteiger partial charge < -0.3 is 5.11 Å². The summed E-state index contributed by atoms with van der Waals surface area (Å²) in [4.78, 5) is 4.87. The number of aromatic hydroxyl groups is 1.